The normalized spacial score (nSPS) is 16.1. The number of rotatable bonds is 4. The SMILES string of the molecule is CC(CC(F)(F)F)NCc1ccc2c(c1)NC(=O)CO2. The molecule has 2 rings (SSSR count). The maximum Gasteiger partial charge on any atom is 0.390 e. The first-order chi connectivity index (χ1) is 9.33. The Bertz CT molecular complexity index is 503. The van der Waals surface area contributed by atoms with Crippen LogP contribution < -0.4 is 15.4 Å². The van der Waals surface area contributed by atoms with Crippen molar-refractivity contribution in [3.63, 3.8) is 0 Å². The minimum atomic E-state index is -4.18. The van der Waals surface area contributed by atoms with Gasteiger partial charge in [0.2, 0.25) is 0 Å². The highest BCUT2D eigenvalue weighted by molar-refractivity contribution is 5.95. The van der Waals surface area contributed by atoms with Gasteiger partial charge < -0.3 is 15.4 Å². The molecular weight excluding hydrogens is 273 g/mol. The molecule has 0 bridgehead atoms. The lowest BCUT2D eigenvalue weighted by atomic mass is 10.1. The Kier molecular flexibility index (Phi) is 4.17. The first kappa shape index (κ1) is 14.6. The summed E-state index contributed by atoms with van der Waals surface area (Å²) in [6.45, 7) is 1.75. The first-order valence-electron chi connectivity index (χ1n) is 6.19. The van der Waals surface area contributed by atoms with Gasteiger partial charge >= 0.3 is 6.18 Å². The van der Waals surface area contributed by atoms with Crippen molar-refractivity contribution in [2.75, 3.05) is 11.9 Å². The van der Waals surface area contributed by atoms with Gasteiger partial charge in [0.05, 0.1) is 12.1 Å². The molecule has 1 heterocycles. The van der Waals surface area contributed by atoms with Crippen molar-refractivity contribution in [3.05, 3.63) is 23.8 Å². The predicted octanol–water partition coefficient (Wildman–Crippen LogP) is 2.45. The van der Waals surface area contributed by atoms with E-state index in [9.17, 15) is 18.0 Å². The number of carbonyl (C=O) groups is 1. The summed E-state index contributed by atoms with van der Waals surface area (Å²) in [4.78, 5) is 11.2. The first-order valence-corrected chi connectivity index (χ1v) is 6.19. The molecule has 2 N–H and O–H groups in total. The molecule has 1 aliphatic rings. The lowest BCUT2D eigenvalue weighted by Gasteiger charge is -2.19. The summed E-state index contributed by atoms with van der Waals surface area (Å²) in [6.07, 6.45) is -5.05. The number of benzene rings is 1. The molecule has 1 aromatic rings. The van der Waals surface area contributed by atoms with Crippen molar-refractivity contribution < 1.29 is 22.7 Å². The van der Waals surface area contributed by atoms with Crippen LogP contribution in [0.25, 0.3) is 0 Å². The van der Waals surface area contributed by atoms with Gasteiger partial charge in [-0.05, 0) is 24.6 Å². The summed E-state index contributed by atoms with van der Waals surface area (Å²) in [6, 6.07) is 4.47. The van der Waals surface area contributed by atoms with E-state index in [0.29, 0.717) is 18.0 Å². The Morgan fingerprint density at radius 3 is 2.90 bits per heavy atom. The van der Waals surface area contributed by atoms with E-state index >= 15 is 0 Å². The molecule has 0 radical (unpaired) electrons. The fourth-order valence-corrected chi connectivity index (χ4v) is 1.95. The van der Waals surface area contributed by atoms with Gasteiger partial charge in [0.1, 0.15) is 5.75 Å². The molecule has 0 saturated carbocycles. The van der Waals surface area contributed by atoms with Gasteiger partial charge in [-0.3, -0.25) is 4.79 Å². The zero-order chi connectivity index (χ0) is 14.8. The Hall–Kier alpha value is -1.76. The van der Waals surface area contributed by atoms with Crippen LogP contribution in [0.1, 0.15) is 18.9 Å². The van der Waals surface area contributed by atoms with E-state index in [2.05, 4.69) is 10.6 Å². The van der Waals surface area contributed by atoms with Crippen molar-refractivity contribution in [2.24, 2.45) is 0 Å². The van der Waals surface area contributed by atoms with E-state index in [4.69, 9.17) is 4.74 Å². The number of anilines is 1. The summed E-state index contributed by atoms with van der Waals surface area (Å²) in [5.74, 6) is 0.324. The summed E-state index contributed by atoms with van der Waals surface area (Å²) in [5, 5.41) is 5.45. The third kappa shape index (κ3) is 4.12. The average Bonchev–Trinajstić information content (AvgIpc) is 2.33. The average molecular weight is 288 g/mol. The number of fused-ring (bicyclic) bond motifs is 1. The molecule has 0 aliphatic carbocycles. The summed E-state index contributed by atoms with van der Waals surface area (Å²) in [7, 11) is 0. The zero-order valence-electron chi connectivity index (χ0n) is 10.9. The highest BCUT2D eigenvalue weighted by atomic mass is 19.4. The van der Waals surface area contributed by atoms with Crippen LogP contribution in [-0.2, 0) is 11.3 Å². The van der Waals surface area contributed by atoms with Crippen molar-refractivity contribution in [2.45, 2.75) is 32.1 Å². The largest absolute Gasteiger partial charge is 0.482 e. The van der Waals surface area contributed by atoms with Crippen LogP contribution in [0.2, 0.25) is 0 Å². The minimum absolute atomic E-state index is 0.0206. The molecule has 4 nitrogen and oxygen atoms in total. The monoisotopic (exact) mass is 288 g/mol. The van der Waals surface area contributed by atoms with E-state index in [1.54, 1.807) is 18.2 Å². The number of nitrogens with one attached hydrogen (secondary N) is 2. The Morgan fingerprint density at radius 2 is 2.20 bits per heavy atom. The quantitative estimate of drug-likeness (QED) is 0.894. The van der Waals surface area contributed by atoms with Crippen molar-refractivity contribution >= 4 is 11.6 Å². The van der Waals surface area contributed by atoms with Gasteiger partial charge in [-0.25, -0.2) is 0 Å². The van der Waals surface area contributed by atoms with Gasteiger partial charge in [-0.1, -0.05) is 6.07 Å². The van der Waals surface area contributed by atoms with Crippen molar-refractivity contribution in [1.29, 1.82) is 0 Å². The predicted molar refractivity (Wildman–Crippen MR) is 67.5 cm³/mol. The van der Waals surface area contributed by atoms with E-state index in [-0.39, 0.29) is 12.5 Å². The Balaban J connectivity index is 1.94. The van der Waals surface area contributed by atoms with Crippen LogP contribution in [0.3, 0.4) is 0 Å². The Labute approximate surface area is 114 Å². The molecule has 110 valence electrons. The third-order valence-electron chi connectivity index (χ3n) is 2.87. The number of amides is 1. The number of halogens is 3. The van der Waals surface area contributed by atoms with E-state index in [1.165, 1.54) is 6.92 Å². The lowest BCUT2D eigenvalue weighted by Crippen LogP contribution is -2.31. The summed E-state index contributed by atoms with van der Waals surface area (Å²) in [5.41, 5.74) is 1.33. The molecular formula is C13H15F3N2O2. The molecule has 20 heavy (non-hydrogen) atoms. The zero-order valence-corrected chi connectivity index (χ0v) is 10.9. The van der Waals surface area contributed by atoms with E-state index < -0.39 is 18.6 Å². The van der Waals surface area contributed by atoms with Gasteiger partial charge in [-0.2, -0.15) is 13.2 Å². The number of alkyl halides is 3. The highest BCUT2D eigenvalue weighted by Crippen LogP contribution is 2.28. The Morgan fingerprint density at radius 1 is 1.45 bits per heavy atom. The molecule has 0 aromatic heterocycles. The van der Waals surface area contributed by atoms with Crippen LogP contribution in [0.4, 0.5) is 18.9 Å². The minimum Gasteiger partial charge on any atom is -0.482 e. The summed E-state index contributed by atoms with van der Waals surface area (Å²) < 4.78 is 41.8. The van der Waals surface area contributed by atoms with Crippen LogP contribution in [0, 0.1) is 0 Å². The molecule has 7 heteroatoms. The number of hydrogen-bond acceptors (Lipinski definition) is 3. The summed E-state index contributed by atoms with van der Waals surface area (Å²) >= 11 is 0. The number of hydrogen-bond donors (Lipinski definition) is 2. The number of ether oxygens (including phenoxy) is 1. The topological polar surface area (TPSA) is 50.4 Å². The third-order valence-corrected chi connectivity index (χ3v) is 2.87. The maximum absolute atomic E-state index is 12.2. The molecule has 1 amide bonds. The highest BCUT2D eigenvalue weighted by Gasteiger charge is 2.29. The van der Waals surface area contributed by atoms with Crippen molar-refractivity contribution in [1.82, 2.24) is 5.32 Å². The molecule has 1 unspecified atom stereocenters. The second-order valence-corrected chi connectivity index (χ2v) is 4.77. The fourth-order valence-electron chi connectivity index (χ4n) is 1.95. The molecule has 1 atom stereocenters. The number of carbonyl (C=O) groups excluding carboxylic acids is 1. The van der Waals surface area contributed by atoms with Crippen molar-refractivity contribution in [3.8, 4) is 5.75 Å². The standard InChI is InChI=1S/C13H15F3N2O2/c1-8(5-13(14,15)16)17-6-9-2-3-11-10(4-9)18-12(19)7-20-11/h2-4,8,17H,5-7H2,1H3,(H,18,19). The fraction of sp³-hybridized carbons (Fsp3) is 0.462. The second kappa shape index (κ2) is 5.70. The van der Waals surface area contributed by atoms with Gasteiger partial charge in [0.15, 0.2) is 6.61 Å². The smallest absolute Gasteiger partial charge is 0.390 e. The van der Waals surface area contributed by atoms with E-state index in [0.717, 1.165) is 5.56 Å². The molecule has 0 fully saturated rings. The van der Waals surface area contributed by atoms with Gasteiger partial charge in [0.25, 0.3) is 5.91 Å². The van der Waals surface area contributed by atoms with Gasteiger partial charge in [-0.15, -0.1) is 0 Å². The van der Waals surface area contributed by atoms with Crippen LogP contribution in [0.5, 0.6) is 5.75 Å². The molecule has 0 spiro atoms. The van der Waals surface area contributed by atoms with Crippen LogP contribution in [-0.4, -0.2) is 24.7 Å². The maximum atomic E-state index is 12.2. The van der Waals surface area contributed by atoms with Crippen LogP contribution in [0.15, 0.2) is 18.2 Å². The molecule has 1 aliphatic heterocycles. The van der Waals surface area contributed by atoms with E-state index in [1.807, 2.05) is 0 Å². The van der Waals surface area contributed by atoms with Crippen LogP contribution >= 0.6 is 0 Å². The molecule has 1 aromatic carbocycles. The second-order valence-electron chi connectivity index (χ2n) is 4.77. The molecule has 0 saturated heterocycles. The van der Waals surface area contributed by atoms with Gasteiger partial charge in [0, 0.05) is 12.6 Å². The lowest BCUT2D eigenvalue weighted by molar-refractivity contribution is -0.139.